The van der Waals surface area contributed by atoms with Crippen LogP contribution in [0.3, 0.4) is 0 Å². The molecule has 1 atom stereocenters. The van der Waals surface area contributed by atoms with Crippen LogP contribution in [-0.4, -0.2) is 11.4 Å². The molecule has 0 amide bonds. The lowest BCUT2D eigenvalue weighted by atomic mass is 10.1. The van der Waals surface area contributed by atoms with Crippen molar-refractivity contribution in [2.45, 2.75) is 38.9 Å². The molecule has 0 N–H and O–H groups in total. The zero-order valence-electron chi connectivity index (χ0n) is 9.45. The summed E-state index contributed by atoms with van der Waals surface area (Å²) < 4.78 is 6.04. The Labute approximate surface area is 101 Å². The Morgan fingerprint density at radius 3 is 2.20 bits per heavy atom. The maximum Gasteiger partial charge on any atom is 0.0925 e. The van der Waals surface area contributed by atoms with Crippen molar-refractivity contribution < 1.29 is 4.74 Å². The molecule has 2 heteroatoms. The fourth-order valence-electron chi connectivity index (χ4n) is 1.59. The molecule has 0 bridgehead atoms. The van der Waals surface area contributed by atoms with Gasteiger partial charge in [0.15, 0.2) is 0 Å². The molecule has 15 heavy (non-hydrogen) atoms. The van der Waals surface area contributed by atoms with Crippen molar-refractivity contribution in [3.05, 3.63) is 35.9 Å². The van der Waals surface area contributed by atoms with Crippen molar-refractivity contribution in [3.63, 3.8) is 0 Å². The molecular formula is C13H19BrO. The maximum atomic E-state index is 6.04. The summed E-state index contributed by atoms with van der Waals surface area (Å²) in [4.78, 5) is 0. The molecular weight excluding hydrogens is 252 g/mol. The Morgan fingerprint density at radius 1 is 1.13 bits per heavy atom. The summed E-state index contributed by atoms with van der Waals surface area (Å²) >= 11 is 3.51. The van der Waals surface area contributed by atoms with Gasteiger partial charge < -0.3 is 4.74 Å². The number of rotatable bonds is 6. The van der Waals surface area contributed by atoms with Gasteiger partial charge in [0.1, 0.15) is 0 Å². The fourth-order valence-corrected chi connectivity index (χ4v) is 2.11. The van der Waals surface area contributed by atoms with Crippen LogP contribution in [0.4, 0.5) is 0 Å². The molecule has 0 fully saturated rings. The summed E-state index contributed by atoms with van der Waals surface area (Å²) in [6, 6.07) is 10.4. The molecule has 1 aromatic rings. The Morgan fingerprint density at radius 2 is 1.73 bits per heavy atom. The highest BCUT2D eigenvalue weighted by Crippen LogP contribution is 2.23. The SMILES string of the molecule is CCC(CC)OC(CBr)c1ccccc1. The van der Waals surface area contributed by atoms with Gasteiger partial charge >= 0.3 is 0 Å². The Balaban J connectivity index is 2.64. The van der Waals surface area contributed by atoms with E-state index in [0.717, 1.165) is 18.2 Å². The molecule has 0 aromatic heterocycles. The van der Waals surface area contributed by atoms with E-state index in [2.05, 4.69) is 54.0 Å². The molecule has 1 aromatic carbocycles. The summed E-state index contributed by atoms with van der Waals surface area (Å²) in [5.41, 5.74) is 1.25. The summed E-state index contributed by atoms with van der Waals surface area (Å²) in [6.45, 7) is 4.34. The molecule has 84 valence electrons. The van der Waals surface area contributed by atoms with Crippen molar-refractivity contribution >= 4 is 15.9 Å². The summed E-state index contributed by atoms with van der Waals surface area (Å²) in [5, 5.41) is 0.855. The van der Waals surface area contributed by atoms with Crippen LogP contribution in [-0.2, 0) is 4.74 Å². The minimum absolute atomic E-state index is 0.177. The van der Waals surface area contributed by atoms with Crippen LogP contribution in [0.15, 0.2) is 30.3 Å². The van der Waals surface area contributed by atoms with Gasteiger partial charge in [0.05, 0.1) is 12.2 Å². The van der Waals surface area contributed by atoms with Gasteiger partial charge in [0.25, 0.3) is 0 Å². The number of alkyl halides is 1. The Bertz CT molecular complexity index is 256. The van der Waals surface area contributed by atoms with Crippen molar-refractivity contribution in [1.29, 1.82) is 0 Å². The number of halogens is 1. The predicted molar refractivity (Wildman–Crippen MR) is 68.4 cm³/mol. The van der Waals surface area contributed by atoms with E-state index in [-0.39, 0.29) is 6.10 Å². The van der Waals surface area contributed by atoms with Crippen LogP contribution in [0.25, 0.3) is 0 Å². The van der Waals surface area contributed by atoms with Gasteiger partial charge in [-0.05, 0) is 18.4 Å². The van der Waals surface area contributed by atoms with Gasteiger partial charge in [-0.1, -0.05) is 60.1 Å². The standard InChI is InChI=1S/C13H19BrO/c1-3-12(4-2)15-13(10-14)11-8-6-5-7-9-11/h5-9,12-13H,3-4,10H2,1-2H3. The van der Waals surface area contributed by atoms with Crippen LogP contribution in [0.2, 0.25) is 0 Å². The Hall–Kier alpha value is -0.340. The summed E-state index contributed by atoms with van der Waals surface area (Å²) in [5.74, 6) is 0. The minimum Gasteiger partial charge on any atom is -0.369 e. The van der Waals surface area contributed by atoms with Gasteiger partial charge in [-0.25, -0.2) is 0 Å². The lowest BCUT2D eigenvalue weighted by Crippen LogP contribution is -2.16. The Kier molecular flexibility index (Phi) is 5.96. The maximum absolute atomic E-state index is 6.04. The van der Waals surface area contributed by atoms with Gasteiger partial charge in [0, 0.05) is 5.33 Å². The summed E-state index contributed by atoms with van der Waals surface area (Å²) in [6.07, 6.45) is 2.70. The molecule has 1 unspecified atom stereocenters. The van der Waals surface area contributed by atoms with Crippen molar-refractivity contribution in [2.24, 2.45) is 0 Å². The fraction of sp³-hybridized carbons (Fsp3) is 0.538. The smallest absolute Gasteiger partial charge is 0.0925 e. The molecule has 0 radical (unpaired) electrons. The lowest BCUT2D eigenvalue weighted by molar-refractivity contribution is -0.00393. The summed E-state index contributed by atoms with van der Waals surface area (Å²) in [7, 11) is 0. The molecule has 0 spiro atoms. The van der Waals surface area contributed by atoms with Crippen LogP contribution in [0.1, 0.15) is 38.4 Å². The number of hydrogen-bond acceptors (Lipinski definition) is 1. The first-order valence-corrected chi connectivity index (χ1v) is 6.70. The number of hydrogen-bond donors (Lipinski definition) is 0. The molecule has 0 heterocycles. The number of ether oxygens (including phenoxy) is 1. The van der Waals surface area contributed by atoms with E-state index in [1.165, 1.54) is 5.56 Å². The second-order valence-electron chi connectivity index (χ2n) is 3.63. The molecule has 0 aliphatic rings. The van der Waals surface area contributed by atoms with Crippen molar-refractivity contribution in [3.8, 4) is 0 Å². The van der Waals surface area contributed by atoms with Gasteiger partial charge in [0.2, 0.25) is 0 Å². The second-order valence-corrected chi connectivity index (χ2v) is 4.28. The average molecular weight is 271 g/mol. The zero-order valence-corrected chi connectivity index (χ0v) is 11.0. The third kappa shape index (κ3) is 3.96. The molecule has 0 aliphatic carbocycles. The van der Waals surface area contributed by atoms with Gasteiger partial charge in [-0.3, -0.25) is 0 Å². The van der Waals surface area contributed by atoms with E-state index >= 15 is 0 Å². The predicted octanol–water partition coefficient (Wildman–Crippen LogP) is 4.33. The highest BCUT2D eigenvalue weighted by atomic mass is 79.9. The normalized spacial score (nSPS) is 13.1. The van der Waals surface area contributed by atoms with E-state index in [0.29, 0.717) is 6.10 Å². The molecule has 0 aliphatic heterocycles. The van der Waals surface area contributed by atoms with Crippen molar-refractivity contribution in [1.82, 2.24) is 0 Å². The molecule has 0 saturated carbocycles. The van der Waals surface area contributed by atoms with Crippen LogP contribution in [0, 0.1) is 0 Å². The van der Waals surface area contributed by atoms with E-state index in [9.17, 15) is 0 Å². The first-order valence-electron chi connectivity index (χ1n) is 5.58. The average Bonchev–Trinajstić information content (AvgIpc) is 2.32. The van der Waals surface area contributed by atoms with Gasteiger partial charge in [-0.15, -0.1) is 0 Å². The third-order valence-electron chi connectivity index (χ3n) is 2.58. The van der Waals surface area contributed by atoms with E-state index < -0.39 is 0 Å². The minimum atomic E-state index is 0.177. The zero-order chi connectivity index (χ0) is 11.1. The third-order valence-corrected chi connectivity index (χ3v) is 3.17. The van der Waals surface area contributed by atoms with Gasteiger partial charge in [-0.2, -0.15) is 0 Å². The van der Waals surface area contributed by atoms with E-state index in [4.69, 9.17) is 4.74 Å². The highest BCUT2D eigenvalue weighted by Gasteiger charge is 2.14. The first kappa shape index (κ1) is 12.7. The van der Waals surface area contributed by atoms with Crippen LogP contribution < -0.4 is 0 Å². The topological polar surface area (TPSA) is 9.23 Å². The lowest BCUT2D eigenvalue weighted by Gasteiger charge is -2.22. The molecule has 0 saturated heterocycles. The van der Waals surface area contributed by atoms with E-state index in [1.807, 2.05) is 6.07 Å². The molecule has 1 nitrogen and oxygen atoms in total. The van der Waals surface area contributed by atoms with Crippen LogP contribution >= 0.6 is 15.9 Å². The number of benzene rings is 1. The van der Waals surface area contributed by atoms with E-state index in [1.54, 1.807) is 0 Å². The monoisotopic (exact) mass is 270 g/mol. The second kappa shape index (κ2) is 7.02. The van der Waals surface area contributed by atoms with Crippen LogP contribution in [0.5, 0.6) is 0 Å². The molecule has 1 rings (SSSR count). The highest BCUT2D eigenvalue weighted by molar-refractivity contribution is 9.09. The quantitative estimate of drug-likeness (QED) is 0.700. The van der Waals surface area contributed by atoms with Crippen molar-refractivity contribution in [2.75, 3.05) is 5.33 Å². The largest absolute Gasteiger partial charge is 0.369 e. The first-order chi connectivity index (χ1) is 7.31.